The lowest BCUT2D eigenvalue weighted by atomic mass is 10.2. The second-order valence-electron chi connectivity index (χ2n) is 3.59. The summed E-state index contributed by atoms with van der Waals surface area (Å²) in [5, 5.41) is 12.2. The standard InChI is InChI=1S/C10H11ClN2O3/c11-6-1-2-9(13-4-6)16-7-3-8(10(14)15)12-5-7/h1-2,4,7-8,12H,3,5H2,(H,14,15)/t7?,8-/m1/s1. The Morgan fingerprint density at radius 1 is 1.62 bits per heavy atom. The smallest absolute Gasteiger partial charge is 0.320 e. The Labute approximate surface area is 97.4 Å². The Hall–Kier alpha value is -1.33. The molecule has 0 saturated carbocycles. The number of ether oxygens (including phenoxy) is 1. The van der Waals surface area contributed by atoms with Crippen molar-refractivity contribution in [1.29, 1.82) is 0 Å². The number of aromatic nitrogens is 1. The Morgan fingerprint density at radius 3 is 3.00 bits per heavy atom. The zero-order valence-corrected chi connectivity index (χ0v) is 9.15. The van der Waals surface area contributed by atoms with E-state index in [1.807, 2.05) is 0 Å². The first-order valence-electron chi connectivity index (χ1n) is 4.89. The minimum absolute atomic E-state index is 0.158. The maximum Gasteiger partial charge on any atom is 0.320 e. The molecule has 1 unspecified atom stereocenters. The Kier molecular flexibility index (Phi) is 3.26. The van der Waals surface area contributed by atoms with Crippen molar-refractivity contribution in [1.82, 2.24) is 10.3 Å². The van der Waals surface area contributed by atoms with Gasteiger partial charge in [-0.2, -0.15) is 0 Å². The molecule has 1 aromatic rings. The van der Waals surface area contributed by atoms with Gasteiger partial charge < -0.3 is 15.2 Å². The van der Waals surface area contributed by atoms with Crippen LogP contribution in [0.1, 0.15) is 6.42 Å². The second kappa shape index (κ2) is 4.67. The molecule has 0 aromatic carbocycles. The summed E-state index contributed by atoms with van der Waals surface area (Å²) < 4.78 is 5.52. The molecule has 0 radical (unpaired) electrons. The summed E-state index contributed by atoms with van der Waals surface area (Å²) in [6.07, 6.45) is 1.78. The van der Waals surface area contributed by atoms with Crippen LogP contribution in [0.15, 0.2) is 18.3 Å². The van der Waals surface area contributed by atoms with E-state index in [1.54, 1.807) is 12.1 Å². The number of hydrogen-bond donors (Lipinski definition) is 2. The highest BCUT2D eigenvalue weighted by atomic mass is 35.5. The normalized spacial score (nSPS) is 24.3. The largest absolute Gasteiger partial charge is 0.480 e. The van der Waals surface area contributed by atoms with Crippen LogP contribution in [0, 0.1) is 0 Å². The molecule has 1 saturated heterocycles. The third kappa shape index (κ3) is 2.62. The molecular weight excluding hydrogens is 232 g/mol. The molecule has 1 aliphatic rings. The van der Waals surface area contributed by atoms with Crippen LogP contribution < -0.4 is 10.1 Å². The van der Waals surface area contributed by atoms with Crippen LogP contribution in [0.25, 0.3) is 0 Å². The Morgan fingerprint density at radius 2 is 2.44 bits per heavy atom. The summed E-state index contributed by atoms with van der Waals surface area (Å²) in [6, 6.07) is 2.81. The molecule has 1 fully saturated rings. The highest BCUT2D eigenvalue weighted by Gasteiger charge is 2.30. The zero-order valence-electron chi connectivity index (χ0n) is 8.39. The monoisotopic (exact) mass is 242 g/mol. The lowest BCUT2D eigenvalue weighted by molar-refractivity contribution is -0.139. The molecule has 16 heavy (non-hydrogen) atoms. The van der Waals surface area contributed by atoms with Crippen LogP contribution in [0.4, 0.5) is 0 Å². The van der Waals surface area contributed by atoms with Gasteiger partial charge in [0.2, 0.25) is 5.88 Å². The fraction of sp³-hybridized carbons (Fsp3) is 0.400. The Balaban J connectivity index is 1.92. The molecule has 2 atom stereocenters. The quantitative estimate of drug-likeness (QED) is 0.825. The fourth-order valence-corrected chi connectivity index (χ4v) is 1.70. The molecule has 0 aliphatic carbocycles. The predicted molar refractivity (Wildman–Crippen MR) is 57.7 cm³/mol. The van der Waals surface area contributed by atoms with E-state index in [0.717, 1.165) is 0 Å². The van der Waals surface area contributed by atoms with Crippen LogP contribution in [-0.4, -0.2) is 34.8 Å². The van der Waals surface area contributed by atoms with Crippen LogP contribution >= 0.6 is 11.6 Å². The van der Waals surface area contributed by atoms with Gasteiger partial charge in [-0.25, -0.2) is 4.98 Å². The zero-order chi connectivity index (χ0) is 11.5. The van der Waals surface area contributed by atoms with Gasteiger partial charge in [-0.05, 0) is 6.07 Å². The van der Waals surface area contributed by atoms with E-state index in [0.29, 0.717) is 23.9 Å². The van der Waals surface area contributed by atoms with Crippen molar-refractivity contribution in [2.24, 2.45) is 0 Å². The summed E-state index contributed by atoms with van der Waals surface area (Å²) >= 11 is 5.68. The minimum Gasteiger partial charge on any atom is -0.480 e. The molecule has 5 nitrogen and oxygen atoms in total. The highest BCUT2D eigenvalue weighted by molar-refractivity contribution is 6.30. The minimum atomic E-state index is -0.852. The molecule has 1 aliphatic heterocycles. The molecular formula is C10H11ClN2O3. The summed E-state index contributed by atoms with van der Waals surface area (Å²) in [4.78, 5) is 14.7. The van der Waals surface area contributed by atoms with E-state index in [2.05, 4.69) is 10.3 Å². The van der Waals surface area contributed by atoms with Crippen molar-refractivity contribution in [2.45, 2.75) is 18.6 Å². The summed E-state index contributed by atoms with van der Waals surface area (Å²) in [5.41, 5.74) is 0. The number of carboxylic acid groups (broad SMARTS) is 1. The van der Waals surface area contributed by atoms with Gasteiger partial charge in [0, 0.05) is 25.2 Å². The molecule has 0 bridgehead atoms. The van der Waals surface area contributed by atoms with Crippen LogP contribution in [0.5, 0.6) is 5.88 Å². The third-order valence-corrected chi connectivity index (χ3v) is 2.60. The number of halogens is 1. The lowest BCUT2D eigenvalue weighted by Crippen LogP contribution is -2.30. The maximum absolute atomic E-state index is 10.7. The average Bonchev–Trinajstić information content (AvgIpc) is 2.70. The molecule has 2 N–H and O–H groups in total. The number of pyridine rings is 1. The number of nitrogens with zero attached hydrogens (tertiary/aromatic N) is 1. The molecule has 0 spiro atoms. The number of nitrogens with one attached hydrogen (secondary N) is 1. The van der Waals surface area contributed by atoms with Gasteiger partial charge in [0.1, 0.15) is 12.1 Å². The van der Waals surface area contributed by atoms with Crippen molar-refractivity contribution in [3.63, 3.8) is 0 Å². The van der Waals surface area contributed by atoms with Crippen LogP contribution in [0.2, 0.25) is 5.02 Å². The van der Waals surface area contributed by atoms with Gasteiger partial charge in [-0.3, -0.25) is 4.79 Å². The third-order valence-electron chi connectivity index (χ3n) is 2.38. The van der Waals surface area contributed by atoms with E-state index in [9.17, 15) is 4.79 Å². The van der Waals surface area contributed by atoms with E-state index in [-0.39, 0.29) is 6.10 Å². The summed E-state index contributed by atoms with van der Waals surface area (Å²) in [7, 11) is 0. The van der Waals surface area contributed by atoms with Crippen molar-refractivity contribution in [3.8, 4) is 5.88 Å². The van der Waals surface area contributed by atoms with E-state index >= 15 is 0 Å². The molecule has 2 rings (SSSR count). The van der Waals surface area contributed by atoms with Gasteiger partial charge >= 0.3 is 5.97 Å². The lowest BCUT2D eigenvalue weighted by Gasteiger charge is -2.11. The Bertz CT molecular complexity index is 382. The maximum atomic E-state index is 10.7. The second-order valence-corrected chi connectivity index (χ2v) is 4.03. The van der Waals surface area contributed by atoms with Gasteiger partial charge in [-0.1, -0.05) is 11.6 Å². The van der Waals surface area contributed by atoms with Gasteiger partial charge in [0.15, 0.2) is 0 Å². The number of hydrogen-bond acceptors (Lipinski definition) is 4. The van der Waals surface area contributed by atoms with Crippen LogP contribution in [0.3, 0.4) is 0 Å². The molecule has 6 heteroatoms. The highest BCUT2D eigenvalue weighted by Crippen LogP contribution is 2.16. The number of rotatable bonds is 3. The van der Waals surface area contributed by atoms with Crippen molar-refractivity contribution in [3.05, 3.63) is 23.4 Å². The van der Waals surface area contributed by atoms with Crippen molar-refractivity contribution < 1.29 is 14.6 Å². The fourth-order valence-electron chi connectivity index (χ4n) is 1.58. The van der Waals surface area contributed by atoms with E-state index in [1.165, 1.54) is 6.20 Å². The van der Waals surface area contributed by atoms with E-state index in [4.69, 9.17) is 21.4 Å². The van der Waals surface area contributed by atoms with Crippen molar-refractivity contribution in [2.75, 3.05) is 6.54 Å². The average molecular weight is 243 g/mol. The molecule has 86 valence electrons. The van der Waals surface area contributed by atoms with Crippen molar-refractivity contribution >= 4 is 17.6 Å². The summed E-state index contributed by atoms with van der Waals surface area (Å²) in [5.74, 6) is -0.391. The molecule has 0 amide bonds. The topological polar surface area (TPSA) is 71.5 Å². The first kappa shape index (κ1) is 11.2. The van der Waals surface area contributed by atoms with Crippen LogP contribution in [-0.2, 0) is 4.79 Å². The first-order chi connectivity index (χ1) is 7.65. The predicted octanol–water partition coefficient (Wildman–Crippen LogP) is 0.929. The number of aliphatic carboxylic acids is 1. The van der Waals surface area contributed by atoms with Gasteiger partial charge in [0.25, 0.3) is 0 Å². The van der Waals surface area contributed by atoms with E-state index < -0.39 is 12.0 Å². The van der Waals surface area contributed by atoms with Gasteiger partial charge in [-0.15, -0.1) is 0 Å². The number of carbonyl (C=O) groups is 1. The number of carboxylic acids is 1. The summed E-state index contributed by atoms with van der Waals surface area (Å²) in [6.45, 7) is 0.515. The molecule has 1 aromatic heterocycles. The first-order valence-corrected chi connectivity index (χ1v) is 5.27. The van der Waals surface area contributed by atoms with Gasteiger partial charge in [0.05, 0.1) is 5.02 Å². The SMILES string of the molecule is O=C(O)[C@H]1CC(Oc2ccc(Cl)cn2)CN1. The molecule has 2 heterocycles.